The first kappa shape index (κ1) is 20.7. The van der Waals surface area contributed by atoms with E-state index in [1.54, 1.807) is 11.3 Å². The van der Waals surface area contributed by atoms with E-state index in [0.29, 0.717) is 15.8 Å². The Morgan fingerprint density at radius 3 is 2.79 bits per heavy atom. The van der Waals surface area contributed by atoms with Crippen LogP contribution in [0.2, 0.25) is 0 Å². The number of urea groups is 1. The zero-order valence-electron chi connectivity index (χ0n) is 17.6. The lowest BCUT2D eigenvalue weighted by Gasteiger charge is -2.41. The van der Waals surface area contributed by atoms with E-state index in [1.807, 2.05) is 17.9 Å². The molecule has 2 amide bonds. The zero-order valence-corrected chi connectivity index (χ0v) is 19.3. The number of amides is 2. The number of rotatable bonds is 6. The Bertz CT molecular complexity index is 876. The molecular formula is C20H31N6OS2+. The van der Waals surface area contributed by atoms with Gasteiger partial charge in [-0.05, 0) is 51.8 Å². The number of carbonyl (C=O) groups excluding carboxylic acids is 1. The molecule has 2 aromatic rings. The molecule has 2 unspecified atom stereocenters. The maximum Gasteiger partial charge on any atom is 0.333 e. The largest absolute Gasteiger partial charge is 0.333 e. The molecule has 2 fully saturated rings. The minimum absolute atomic E-state index is 0.160. The Morgan fingerprint density at radius 1 is 1.34 bits per heavy atom. The summed E-state index contributed by atoms with van der Waals surface area (Å²) < 4.78 is 5.48. The fourth-order valence-electron chi connectivity index (χ4n) is 4.08. The zero-order chi connectivity index (χ0) is 20.6. The monoisotopic (exact) mass is 435 g/mol. The molecule has 3 heterocycles. The molecule has 2 aliphatic rings. The van der Waals surface area contributed by atoms with E-state index in [0.717, 1.165) is 30.9 Å². The molecular weight excluding hydrogens is 404 g/mol. The lowest BCUT2D eigenvalue weighted by atomic mass is 10.0. The number of carbonyl (C=O) groups is 1. The number of hydrogen-bond acceptors (Lipinski definition) is 5. The standard InChI is InChI=1S/C20H30N6OS2/c1-14-10-18(19(28-14)15-7-8-15)22-20(27)23-29-26(4,17-11-21-25(3)13-17)16-6-5-9-24(2)12-16/h10-11,13,15-16H,5-9,12H2,1-4H3,(H-,22,23,27)/p+1. The lowest BCUT2D eigenvalue weighted by molar-refractivity contribution is 0.194. The highest BCUT2D eigenvalue weighted by atomic mass is 32.2. The van der Waals surface area contributed by atoms with E-state index >= 15 is 0 Å². The molecule has 9 heteroatoms. The Balaban J connectivity index is 1.47. The SMILES string of the molecule is Cc1cc(NC(=O)NS[N+](C)(c2cnn(C)c2)C2CCCN(C)C2)c(C2CC2)s1. The van der Waals surface area contributed by atoms with Crippen molar-refractivity contribution in [3.05, 3.63) is 28.2 Å². The smallest absolute Gasteiger partial charge is 0.306 e. The highest BCUT2D eigenvalue weighted by molar-refractivity contribution is 7.97. The summed E-state index contributed by atoms with van der Waals surface area (Å²) in [6.07, 6.45) is 8.72. The van der Waals surface area contributed by atoms with E-state index in [4.69, 9.17) is 0 Å². The van der Waals surface area contributed by atoms with E-state index < -0.39 is 0 Å². The molecule has 158 valence electrons. The Hall–Kier alpha value is -1.55. The minimum Gasteiger partial charge on any atom is -0.306 e. The van der Waals surface area contributed by atoms with E-state index in [2.05, 4.69) is 53.3 Å². The van der Waals surface area contributed by atoms with Crippen LogP contribution in [0.3, 0.4) is 0 Å². The molecule has 2 N–H and O–H groups in total. The minimum atomic E-state index is -0.160. The quantitative estimate of drug-likeness (QED) is 0.530. The molecule has 1 saturated carbocycles. The van der Waals surface area contributed by atoms with Crippen molar-refractivity contribution in [1.82, 2.24) is 23.3 Å². The lowest BCUT2D eigenvalue weighted by Crippen LogP contribution is -2.56. The fraction of sp³-hybridized carbons (Fsp3) is 0.600. The number of hydrogen-bond donors (Lipinski definition) is 2. The molecule has 0 radical (unpaired) electrons. The maximum absolute atomic E-state index is 12.8. The van der Waals surface area contributed by atoms with Crippen LogP contribution < -0.4 is 13.9 Å². The number of aryl methyl sites for hydroxylation is 2. The number of nitrogens with zero attached hydrogens (tertiary/aromatic N) is 4. The van der Waals surface area contributed by atoms with Gasteiger partial charge in [0.05, 0.1) is 25.5 Å². The van der Waals surface area contributed by atoms with Gasteiger partial charge in [0, 0.05) is 23.2 Å². The predicted molar refractivity (Wildman–Crippen MR) is 122 cm³/mol. The molecule has 1 aliphatic heterocycles. The third-order valence-electron chi connectivity index (χ3n) is 5.91. The first-order chi connectivity index (χ1) is 13.8. The van der Waals surface area contributed by atoms with Gasteiger partial charge in [-0.25, -0.2) is 13.4 Å². The van der Waals surface area contributed by atoms with Crippen LogP contribution in [0.15, 0.2) is 18.5 Å². The number of quaternary nitrogens is 1. The second-order valence-corrected chi connectivity index (χ2v) is 10.9. The fourth-order valence-corrected chi connectivity index (χ4v) is 6.07. The van der Waals surface area contributed by atoms with Gasteiger partial charge in [-0.1, -0.05) is 0 Å². The first-order valence-corrected chi connectivity index (χ1v) is 11.8. The molecule has 2 aromatic heterocycles. The molecule has 0 aromatic carbocycles. The number of aromatic nitrogens is 2. The van der Waals surface area contributed by atoms with Crippen molar-refractivity contribution in [2.75, 3.05) is 32.5 Å². The highest BCUT2D eigenvalue weighted by Crippen LogP contribution is 2.47. The van der Waals surface area contributed by atoms with Crippen molar-refractivity contribution in [1.29, 1.82) is 0 Å². The van der Waals surface area contributed by atoms with Crippen molar-refractivity contribution in [3.8, 4) is 0 Å². The number of anilines is 1. The van der Waals surface area contributed by atoms with E-state index in [1.165, 1.54) is 41.2 Å². The Labute approximate surface area is 181 Å². The second kappa shape index (κ2) is 8.29. The molecule has 1 aliphatic carbocycles. The summed E-state index contributed by atoms with van der Waals surface area (Å²) in [6, 6.07) is 2.31. The number of piperidine rings is 1. The Morgan fingerprint density at radius 2 is 2.14 bits per heavy atom. The van der Waals surface area contributed by atoms with Crippen LogP contribution in [0.1, 0.15) is 41.4 Å². The topological polar surface area (TPSA) is 62.2 Å². The normalized spacial score (nSPS) is 22.3. The Kier molecular flexibility index (Phi) is 5.92. The third-order valence-corrected chi connectivity index (χ3v) is 8.29. The number of likely N-dealkylation sites (tertiary alicyclic amines) is 1. The van der Waals surface area contributed by atoms with Crippen molar-refractivity contribution >= 4 is 40.9 Å². The van der Waals surface area contributed by atoms with Gasteiger partial charge in [-0.2, -0.15) is 5.10 Å². The second-order valence-electron chi connectivity index (χ2n) is 8.48. The number of thiophene rings is 1. The van der Waals surface area contributed by atoms with Crippen LogP contribution in [0.25, 0.3) is 0 Å². The molecule has 29 heavy (non-hydrogen) atoms. The van der Waals surface area contributed by atoms with Crippen LogP contribution in [-0.4, -0.2) is 53.9 Å². The van der Waals surface area contributed by atoms with Gasteiger partial charge in [0.25, 0.3) is 0 Å². The first-order valence-electron chi connectivity index (χ1n) is 10.2. The summed E-state index contributed by atoms with van der Waals surface area (Å²) in [5.74, 6) is 0.630. The van der Waals surface area contributed by atoms with Crippen LogP contribution >= 0.6 is 23.5 Å². The molecule has 0 bridgehead atoms. The summed E-state index contributed by atoms with van der Waals surface area (Å²) in [6.45, 7) is 4.23. The van der Waals surface area contributed by atoms with Crippen LogP contribution in [0, 0.1) is 6.92 Å². The maximum atomic E-state index is 12.8. The van der Waals surface area contributed by atoms with Crippen molar-refractivity contribution in [2.24, 2.45) is 7.05 Å². The van der Waals surface area contributed by atoms with Crippen LogP contribution in [-0.2, 0) is 7.05 Å². The summed E-state index contributed by atoms with van der Waals surface area (Å²) in [7, 11) is 6.28. The van der Waals surface area contributed by atoms with Gasteiger partial charge in [-0.3, -0.25) is 4.68 Å². The molecule has 2 atom stereocenters. The number of likely N-dealkylation sites (N-methyl/N-ethyl adjacent to an activating group) is 2. The average molecular weight is 436 g/mol. The predicted octanol–water partition coefficient (Wildman–Crippen LogP) is 4.08. The van der Waals surface area contributed by atoms with Gasteiger partial charge in [0.1, 0.15) is 12.2 Å². The van der Waals surface area contributed by atoms with Crippen molar-refractivity contribution in [2.45, 2.75) is 44.6 Å². The summed E-state index contributed by atoms with van der Waals surface area (Å²) in [5, 5.41) is 7.47. The van der Waals surface area contributed by atoms with Crippen LogP contribution in [0.5, 0.6) is 0 Å². The number of nitrogens with one attached hydrogen (secondary N) is 2. The molecule has 4 rings (SSSR count). The highest BCUT2D eigenvalue weighted by Gasteiger charge is 2.41. The van der Waals surface area contributed by atoms with Crippen molar-refractivity contribution < 1.29 is 4.79 Å². The molecule has 1 saturated heterocycles. The van der Waals surface area contributed by atoms with Crippen LogP contribution in [0.4, 0.5) is 16.2 Å². The van der Waals surface area contributed by atoms with Gasteiger partial charge in [0.15, 0.2) is 5.69 Å². The average Bonchev–Trinajstić information content (AvgIpc) is 3.33. The van der Waals surface area contributed by atoms with Crippen molar-refractivity contribution in [3.63, 3.8) is 0 Å². The van der Waals surface area contributed by atoms with Gasteiger partial charge in [-0.15, -0.1) is 11.3 Å². The third kappa shape index (κ3) is 4.63. The van der Waals surface area contributed by atoms with E-state index in [-0.39, 0.29) is 6.03 Å². The van der Waals surface area contributed by atoms with E-state index in [9.17, 15) is 4.79 Å². The summed E-state index contributed by atoms with van der Waals surface area (Å²) >= 11 is 3.27. The summed E-state index contributed by atoms with van der Waals surface area (Å²) in [4.78, 5) is 17.7. The molecule has 0 spiro atoms. The van der Waals surface area contributed by atoms with Gasteiger partial charge in [0.2, 0.25) is 12.1 Å². The van der Waals surface area contributed by atoms with Gasteiger partial charge >= 0.3 is 6.03 Å². The summed E-state index contributed by atoms with van der Waals surface area (Å²) in [5.41, 5.74) is 2.07. The van der Waals surface area contributed by atoms with Gasteiger partial charge < -0.3 is 10.2 Å². The molecule has 7 nitrogen and oxygen atoms in total.